The van der Waals surface area contributed by atoms with Crippen LogP contribution in [0.4, 0.5) is 14.5 Å². The molecule has 0 aromatic heterocycles. The lowest BCUT2D eigenvalue weighted by atomic mass is 9.93. The fraction of sp³-hybridized carbons (Fsp3) is 0.471. The number of amides is 1. The monoisotopic (exact) mass is 324 g/mol. The SMILES string of the molecule is C#CC(CC)(CC)NC(=O)c1ccc(F)c(F)c1NCCOC. The second-order valence-corrected chi connectivity index (χ2v) is 5.09. The number of carbonyl (C=O) groups excluding carboxylic acids is 1. The highest BCUT2D eigenvalue weighted by Crippen LogP contribution is 2.24. The number of methoxy groups -OCH3 is 1. The summed E-state index contributed by atoms with van der Waals surface area (Å²) >= 11 is 0. The van der Waals surface area contributed by atoms with Crippen molar-refractivity contribution in [1.82, 2.24) is 5.32 Å². The molecular weight excluding hydrogens is 302 g/mol. The lowest BCUT2D eigenvalue weighted by Gasteiger charge is -2.27. The summed E-state index contributed by atoms with van der Waals surface area (Å²) < 4.78 is 32.3. The molecule has 0 radical (unpaired) electrons. The summed E-state index contributed by atoms with van der Waals surface area (Å²) in [5.41, 5.74) is -1.01. The zero-order valence-corrected chi connectivity index (χ0v) is 13.6. The first-order valence-electron chi connectivity index (χ1n) is 7.45. The molecule has 4 nitrogen and oxygen atoms in total. The number of halogens is 2. The van der Waals surface area contributed by atoms with Gasteiger partial charge in [-0.05, 0) is 25.0 Å². The average molecular weight is 324 g/mol. The fourth-order valence-electron chi connectivity index (χ4n) is 2.14. The average Bonchev–Trinajstić information content (AvgIpc) is 2.56. The minimum Gasteiger partial charge on any atom is -0.383 e. The highest BCUT2D eigenvalue weighted by molar-refractivity contribution is 6.00. The van der Waals surface area contributed by atoms with E-state index >= 15 is 0 Å². The Kier molecular flexibility index (Phi) is 6.98. The van der Waals surface area contributed by atoms with E-state index in [0.29, 0.717) is 12.8 Å². The third-order valence-corrected chi connectivity index (χ3v) is 3.78. The fourth-order valence-corrected chi connectivity index (χ4v) is 2.14. The van der Waals surface area contributed by atoms with Gasteiger partial charge in [-0.3, -0.25) is 4.79 Å². The van der Waals surface area contributed by atoms with Gasteiger partial charge in [0.15, 0.2) is 11.6 Å². The molecule has 1 rings (SSSR count). The summed E-state index contributed by atoms with van der Waals surface area (Å²) in [5, 5.41) is 5.43. The van der Waals surface area contributed by atoms with Crippen molar-refractivity contribution in [3.63, 3.8) is 0 Å². The van der Waals surface area contributed by atoms with E-state index in [1.54, 1.807) is 0 Å². The third kappa shape index (κ3) is 4.42. The maximum atomic E-state index is 14.0. The van der Waals surface area contributed by atoms with Crippen LogP contribution in [0.15, 0.2) is 12.1 Å². The van der Waals surface area contributed by atoms with Gasteiger partial charge in [-0.2, -0.15) is 0 Å². The van der Waals surface area contributed by atoms with E-state index in [1.165, 1.54) is 13.2 Å². The van der Waals surface area contributed by atoms with Gasteiger partial charge in [0, 0.05) is 13.7 Å². The molecule has 0 aliphatic carbocycles. The molecule has 23 heavy (non-hydrogen) atoms. The van der Waals surface area contributed by atoms with E-state index in [-0.39, 0.29) is 24.4 Å². The number of nitrogens with one attached hydrogen (secondary N) is 2. The molecule has 0 fully saturated rings. The molecule has 2 N–H and O–H groups in total. The van der Waals surface area contributed by atoms with Gasteiger partial charge in [0.05, 0.1) is 17.9 Å². The number of terminal acetylenes is 1. The Hall–Kier alpha value is -2.13. The summed E-state index contributed by atoms with van der Waals surface area (Å²) in [6.07, 6.45) is 6.57. The molecule has 0 unspecified atom stereocenters. The molecule has 1 aromatic rings. The van der Waals surface area contributed by atoms with Gasteiger partial charge in [-0.25, -0.2) is 8.78 Å². The zero-order chi connectivity index (χ0) is 17.5. The van der Waals surface area contributed by atoms with Crippen molar-refractivity contribution in [2.75, 3.05) is 25.6 Å². The molecule has 6 heteroatoms. The molecule has 1 amide bonds. The Labute approximate surface area is 135 Å². The van der Waals surface area contributed by atoms with Crippen molar-refractivity contribution in [2.24, 2.45) is 0 Å². The molecule has 0 spiro atoms. The van der Waals surface area contributed by atoms with Crippen molar-refractivity contribution in [1.29, 1.82) is 0 Å². The Morgan fingerprint density at radius 3 is 2.52 bits per heavy atom. The van der Waals surface area contributed by atoms with Crippen LogP contribution in [0, 0.1) is 24.0 Å². The van der Waals surface area contributed by atoms with Crippen molar-refractivity contribution in [3.05, 3.63) is 29.3 Å². The number of carbonyl (C=O) groups is 1. The van der Waals surface area contributed by atoms with Gasteiger partial charge in [0.1, 0.15) is 5.54 Å². The van der Waals surface area contributed by atoms with E-state index in [9.17, 15) is 13.6 Å². The summed E-state index contributed by atoms with van der Waals surface area (Å²) in [6.45, 7) is 4.23. The molecule has 0 saturated carbocycles. The minimum absolute atomic E-state index is 0.00141. The van der Waals surface area contributed by atoms with E-state index in [2.05, 4.69) is 16.6 Å². The van der Waals surface area contributed by atoms with Crippen LogP contribution in [0.25, 0.3) is 0 Å². The summed E-state index contributed by atoms with van der Waals surface area (Å²) in [5.74, 6) is -0.113. The lowest BCUT2D eigenvalue weighted by molar-refractivity contribution is 0.0916. The Bertz CT molecular complexity index is 593. The van der Waals surface area contributed by atoms with Crippen LogP contribution in [-0.2, 0) is 4.74 Å². The summed E-state index contributed by atoms with van der Waals surface area (Å²) in [6, 6.07) is 2.15. The number of ether oxygens (including phenoxy) is 1. The lowest BCUT2D eigenvalue weighted by Crippen LogP contribution is -2.46. The van der Waals surface area contributed by atoms with Crippen molar-refractivity contribution >= 4 is 11.6 Å². The highest BCUT2D eigenvalue weighted by Gasteiger charge is 2.28. The number of anilines is 1. The highest BCUT2D eigenvalue weighted by atomic mass is 19.2. The standard InChI is InChI=1S/C17H22F2N2O2/c1-5-17(6-2,7-3)21-16(22)12-8-9-13(18)14(19)15(12)20-10-11-23-4/h1,8-9,20H,6-7,10-11H2,2-4H3,(H,21,22). The van der Waals surface area contributed by atoms with Crippen molar-refractivity contribution < 1.29 is 18.3 Å². The maximum Gasteiger partial charge on any atom is 0.254 e. The molecule has 0 atom stereocenters. The van der Waals surface area contributed by atoms with Crippen LogP contribution in [0.1, 0.15) is 37.0 Å². The van der Waals surface area contributed by atoms with E-state index in [1.807, 2.05) is 13.8 Å². The molecule has 0 aliphatic rings. The smallest absolute Gasteiger partial charge is 0.254 e. The van der Waals surface area contributed by atoms with Crippen LogP contribution in [0.3, 0.4) is 0 Å². The predicted octanol–water partition coefficient (Wildman–Crippen LogP) is 2.94. The van der Waals surface area contributed by atoms with E-state index in [0.717, 1.165) is 6.07 Å². The van der Waals surface area contributed by atoms with Gasteiger partial charge >= 0.3 is 0 Å². The number of hydrogen-bond acceptors (Lipinski definition) is 3. The minimum atomic E-state index is -1.10. The largest absolute Gasteiger partial charge is 0.383 e. The first kappa shape index (κ1) is 18.9. The van der Waals surface area contributed by atoms with Crippen LogP contribution in [0.5, 0.6) is 0 Å². The van der Waals surface area contributed by atoms with E-state index in [4.69, 9.17) is 11.2 Å². The number of rotatable bonds is 8. The van der Waals surface area contributed by atoms with Crippen LogP contribution in [0.2, 0.25) is 0 Å². The van der Waals surface area contributed by atoms with Gasteiger partial charge in [0.2, 0.25) is 0 Å². The predicted molar refractivity (Wildman–Crippen MR) is 86.3 cm³/mol. The van der Waals surface area contributed by atoms with E-state index < -0.39 is 23.1 Å². The Morgan fingerprint density at radius 2 is 2.00 bits per heavy atom. The normalized spacial score (nSPS) is 11.0. The summed E-state index contributed by atoms with van der Waals surface area (Å²) in [4.78, 5) is 12.5. The molecule has 126 valence electrons. The van der Waals surface area contributed by atoms with Crippen molar-refractivity contribution in [3.8, 4) is 12.3 Å². The quantitative estimate of drug-likeness (QED) is 0.571. The van der Waals surface area contributed by atoms with Gasteiger partial charge in [0.25, 0.3) is 5.91 Å². The Morgan fingerprint density at radius 1 is 1.35 bits per heavy atom. The second-order valence-electron chi connectivity index (χ2n) is 5.09. The van der Waals surface area contributed by atoms with Crippen LogP contribution < -0.4 is 10.6 Å². The first-order valence-corrected chi connectivity index (χ1v) is 7.45. The first-order chi connectivity index (χ1) is 10.9. The van der Waals surface area contributed by atoms with Crippen molar-refractivity contribution in [2.45, 2.75) is 32.2 Å². The molecular formula is C17H22F2N2O2. The van der Waals surface area contributed by atoms with Crippen LogP contribution in [-0.4, -0.2) is 31.7 Å². The Balaban J connectivity index is 3.13. The molecule has 0 bridgehead atoms. The third-order valence-electron chi connectivity index (χ3n) is 3.78. The maximum absolute atomic E-state index is 14.0. The zero-order valence-electron chi connectivity index (χ0n) is 13.6. The van der Waals surface area contributed by atoms with Crippen LogP contribution >= 0.6 is 0 Å². The molecule has 1 aromatic carbocycles. The topological polar surface area (TPSA) is 50.4 Å². The van der Waals surface area contributed by atoms with Gasteiger partial charge in [-0.1, -0.05) is 19.8 Å². The second kappa shape index (κ2) is 8.49. The summed E-state index contributed by atoms with van der Waals surface area (Å²) in [7, 11) is 1.49. The molecule has 0 heterocycles. The number of benzene rings is 1. The molecule has 0 saturated heterocycles. The van der Waals surface area contributed by atoms with Gasteiger partial charge in [-0.15, -0.1) is 6.42 Å². The molecule has 0 aliphatic heterocycles. The van der Waals surface area contributed by atoms with Gasteiger partial charge < -0.3 is 15.4 Å². The number of hydrogen-bond donors (Lipinski definition) is 2.